The first-order valence-electron chi connectivity index (χ1n) is 21.4. The van der Waals surface area contributed by atoms with E-state index in [1.165, 1.54) is 6.33 Å². The van der Waals surface area contributed by atoms with Crippen molar-refractivity contribution in [3.05, 3.63) is 90.3 Å². The zero-order valence-electron chi connectivity index (χ0n) is 34.2. The molecule has 2 atom stereocenters. The standard InChI is InChI=1S/C45H47N11O6/c46-40-38-39(28-8-11-33(12-9-28)62-32-6-2-1-3-7-32)50-56(41(38)48-27-47-40)31-5-4-18-54(26-31)45(61)53-19-16-29(17-20-53)51-21-23-52(24-22-51)30-10-13-34-35(25-30)44(60)55(43(34)59)36-14-15-37(57)49-42(36)58/h1-3,6-13,25,27,29,31,36H,4-5,14-24,26H2,(H2,46,47,48)(H,49,57,58). The van der Waals surface area contributed by atoms with E-state index in [2.05, 4.69) is 25.1 Å². The van der Waals surface area contributed by atoms with Gasteiger partial charge in [0.15, 0.2) is 5.65 Å². The maximum atomic E-state index is 14.0. The second kappa shape index (κ2) is 16.2. The number of anilines is 2. The summed E-state index contributed by atoms with van der Waals surface area (Å²) < 4.78 is 7.93. The number of piperazine rings is 1. The number of hydrogen-bond donors (Lipinski definition) is 2. The summed E-state index contributed by atoms with van der Waals surface area (Å²) in [5.41, 5.74) is 10.1. The van der Waals surface area contributed by atoms with E-state index in [0.717, 1.165) is 73.8 Å². The summed E-state index contributed by atoms with van der Waals surface area (Å²) in [6.45, 7) is 5.72. The van der Waals surface area contributed by atoms with Gasteiger partial charge in [0.2, 0.25) is 11.8 Å². The van der Waals surface area contributed by atoms with Gasteiger partial charge in [-0.2, -0.15) is 5.10 Å². The van der Waals surface area contributed by atoms with Crippen LogP contribution in [0.15, 0.2) is 79.1 Å². The normalized spacial score (nSPS) is 21.4. The molecule has 17 nitrogen and oxygen atoms in total. The highest BCUT2D eigenvalue weighted by molar-refractivity contribution is 6.23. The molecule has 62 heavy (non-hydrogen) atoms. The minimum absolute atomic E-state index is 0.0543. The SMILES string of the molecule is Nc1ncnc2c1c(-c1ccc(Oc3ccccc3)cc1)nn2C1CCCN(C(=O)N2CCC(N3CCN(c4ccc5c(c4)C(=O)N(C4CCC(=O)NC4=O)C5=O)CC3)CC2)C1. The van der Waals surface area contributed by atoms with Crippen LogP contribution in [0.4, 0.5) is 16.3 Å². The van der Waals surface area contributed by atoms with Crippen LogP contribution < -0.4 is 20.7 Å². The van der Waals surface area contributed by atoms with Gasteiger partial charge in [-0.15, -0.1) is 0 Å². The average molecular weight is 838 g/mol. The van der Waals surface area contributed by atoms with Gasteiger partial charge in [-0.1, -0.05) is 18.2 Å². The van der Waals surface area contributed by atoms with Crippen molar-refractivity contribution in [3.63, 3.8) is 0 Å². The van der Waals surface area contributed by atoms with Crippen LogP contribution in [0, 0.1) is 0 Å². The number of imide groups is 2. The number of piperidine rings is 3. The molecular weight excluding hydrogens is 791 g/mol. The van der Waals surface area contributed by atoms with Crippen molar-refractivity contribution >= 4 is 52.2 Å². The molecule has 10 rings (SSSR count). The van der Waals surface area contributed by atoms with E-state index in [0.29, 0.717) is 60.5 Å². The lowest BCUT2D eigenvalue weighted by Crippen LogP contribution is -2.55. The number of rotatable bonds is 7. The van der Waals surface area contributed by atoms with Crippen molar-refractivity contribution in [1.29, 1.82) is 0 Å². The summed E-state index contributed by atoms with van der Waals surface area (Å²) in [5, 5.41) is 8.01. The fourth-order valence-corrected chi connectivity index (χ4v) is 9.71. The predicted molar refractivity (Wildman–Crippen MR) is 228 cm³/mol. The molecule has 0 aliphatic carbocycles. The number of nitrogens with one attached hydrogen (secondary N) is 1. The third kappa shape index (κ3) is 7.25. The fraction of sp³-hybridized carbons (Fsp3) is 0.378. The van der Waals surface area contributed by atoms with Gasteiger partial charge in [-0.05, 0) is 86.7 Å². The Balaban J connectivity index is 0.745. The molecule has 6 amide bonds. The van der Waals surface area contributed by atoms with Crippen LogP contribution in [-0.4, -0.2) is 133 Å². The first kappa shape index (κ1) is 39.3. The lowest BCUT2D eigenvalue weighted by atomic mass is 10.0. The minimum Gasteiger partial charge on any atom is -0.457 e. The van der Waals surface area contributed by atoms with Gasteiger partial charge in [0, 0.05) is 76.1 Å². The molecule has 3 aromatic carbocycles. The predicted octanol–water partition coefficient (Wildman–Crippen LogP) is 4.31. The van der Waals surface area contributed by atoms with Crippen LogP contribution in [0.25, 0.3) is 22.3 Å². The second-order valence-corrected chi connectivity index (χ2v) is 16.6. The topological polar surface area (TPSA) is 192 Å². The van der Waals surface area contributed by atoms with Gasteiger partial charge < -0.3 is 25.2 Å². The zero-order chi connectivity index (χ0) is 42.5. The Morgan fingerprint density at radius 2 is 1.48 bits per heavy atom. The van der Waals surface area contributed by atoms with Crippen molar-refractivity contribution in [1.82, 2.24) is 44.7 Å². The van der Waals surface area contributed by atoms with Crippen molar-refractivity contribution in [2.75, 3.05) is 63.0 Å². The fourth-order valence-electron chi connectivity index (χ4n) is 9.71. The van der Waals surface area contributed by atoms with Crippen LogP contribution >= 0.6 is 0 Å². The molecule has 5 aliphatic heterocycles. The lowest BCUT2D eigenvalue weighted by Gasteiger charge is -2.44. The van der Waals surface area contributed by atoms with Crippen molar-refractivity contribution < 1.29 is 28.7 Å². The van der Waals surface area contributed by atoms with Gasteiger partial charge >= 0.3 is 6.03 Å². The maximum Gasteiger partial charge on any atom is 0.320 e. The molecule has 4 fully saturated rings. The Kier molecular flexibility index (Phi) is 10.3. The van der Waals surface area contributed by atoms with Crippen LogP contribution in [0.3, 0.4) is 0 Å². The molecule has 0 radical (unpaired) electrons. The van der Waals surface area contributed by atoms with E-state index in [1.807, 2.05) is 75.1 Å². The zero-order valence-corrected chi connectivity index (χ0v) is 34.2. The number of nitrogens with zero attached hydrogens (tertiary/aromatic N) is 9. The number of carbonyl (C=O) groups is 5. The molecule has 2 aromatic heterocycles. The molecule has 7 heterocycles. The number of aromatic nitrogens is 4. The number of benzene rings is 3. The number of para-hydroxylation sites is 1. The Bertz CT molecular complexity index is 2570. The molecule has 0 spiro atoms. The number of urea groups is 1. The second-order valence-electron chi connectivity index (χ2n) is 16.6. The van der Waals surface area contributed by atoms with E-state index in [1.54, 1.807) is 12.1 Å². The number of hydrogen-bond acceptors (Lipinski definition) is 12. The molecule has 3 N–H and O–H groups in total. The quantitative estimate of drug-likeness (QED) is 0.221. The summed E-state index contributed by atoms with van der Waals surface area (Å²) >= 11 is 0. The van der Waals surface area contributed by atoms with Crippen molar-refractivity contribution in [3.8, 4) is 22.8 Å². The van der Waals surface area contributed by atoms with Gasteiger partial charge in [0.05, 0.1) is 22.6 Å². The van der Waals surface area contributed by atoms with Gasteiger partial charge in [0.1, 0.15) is 35.4 Å². The summed E-state index contributed by atoms with van der Waals surface area (Å²) in [4.78, 5) is 83.4. The number of nitrogens with two attached hydrogens (primary N) is 1. The number of fused-ring (bicyclic) bond motifs is 2. The van der Waals surface area contributed by atoms with Crippen molar-refractivity contribution in [2.24, 2.45) is 0 Å². The van der Waals surface area contributed by atoms with Crippen molar-refractivity contribution in [2.45, 2.75) is 56.7 Å². The largest absolute Gasteiger partial charge is 0.457 e. The summed E-state index contributed by atoms with van der Waals surface area (Å²) in [7, 11) is 0. The van der Waals surface area contributed by atoms with Gasteiger partial charge in [0.25, 0.3) is 11.8 Å². The molecule has 4 saturated heterocycles. The lowest BCUT2D eigenvalue weighted by molar-refractivity contribution is -0.136. The maximum absolute atomic E-state index is 14.0. The number of carbonyl (C=O) groups excluding carboxylic acids is 5. The third-order valence-corrected chi connectivity index (χ3v) is 13.0. The monoisotopic (exact) mass is 837 g/mol. The number of nitrogen functional groups attached to an aromatic ring is 1. The highest BCUT2D eigenvalue weighted by Crippen LogP contribution is 2.36. The first-order valence-corrected chi connectivity index (χ1v) is 21.4. The molecular formula is C45H47N11O6. The highest BCUT2D eigenvalue weighted by atomic mass is 16.5. The number of amides is 6. The van der Waals surface area contributed by atoms with Crippen LogP contribution in [0.1, 0.15) is 65.3 Å². The van der Waals surface area contributed by atoms with Gasteiger partial charge in [-0.25, -0.2) is 19.4 Å². The molecule has 17 heteroatoms. The summed E-state index contributed by atoms with van der Waals surface area (Å²) in [6.07, 6.45) is 5.12. The molecule has 0 saturated carbocycles. The van der Waals surface area contributed by atoms with E-state index >= 15 is 0 Å². The van der Waals surface area contributed by atoms with E-state index in [4.69, 9.17) is 15.6 Å². The molecule has 0 bridgehead atoms. The van der Waals surface area contributed by atoms with E-state index in [-0.39, 0.29) is 36.0 Å². The molecule has 5 aromatic rings. The van der Waals surface area contributed by atoms with Crippen LogP contribution in [0.2, 0.25) is 0 Å². The Morgan fingerprint density at radius 3 is 2.24 bits per heavy atom. The minimum atomic E-state index is -0.991. The highest BCUT2D eigenvalue weighted by Gasteiger charge is 2.45. The van der Waals surface area contributed by atoms with E-state index < -0.39 is 29.7 Å². The average Bonchev–Trinajstić information content (AvgIpc) is 3.82. The summed E-state index contributed by atoms with van der Waals surface area (Å²) in [5.74, 6) is -0.215. The Morgan fingerprint density at radius 1 is 0.742 bits per heavy atom. The van der Waals surface area contributed by atoms with Crippen LogP contribution in [-0.2, 0) is 9.59 Å². The third-order valence-electron chi connectivity index (χ3n) is 13.0. The number of likely N-dealkylation sites (tertiary alicyclic amines) is 2. The Hall–Kier alpha value is -6.88. The molecule has 5 aliphatic rings. The van der Waals surface area contributed by atoms with Crippen LogP contribution in [0.5, 0.6) is 11.5 Å². The number of ether oxygens (including phenoxy) is 1. The molecule has 2 unspecified atom stereocenters. The first-order chi connectivity index (χ1) is 30.2. The van der Waals surface area contributed by atoms with E-state index in [9.17, 15) is 24.0 Å². The summed E-state index contributed by atoms with van der Waals surface area (Å²) in [6, 6.07) is 22.0. The molecule has 318 valence electrons. The van der Waals surface area contributed by atoms with Gasteiger partial charge in [-0.3, -0.25) is 34.3 Å². The Labute approximate surface area is 357 Å². The smallest absolute Gasteiger partial charge is 0.320 e.